The molecule has 0 radical (unpaired) electrons. The smallest absolute Gasteiger partial charge is 0.252 e. The maximum absolute atomic E-state index is 13.3. The number of anilines is 2. The first-order chi connectivity index (χ1) is 14.4. The zero-order valence-electron chi connectivity index (χ0n) is 17.2. The number of para-hydroxylation sites is 1. The molecule has 0 aromatic heterocycles. The molecule has 8 heteroatoms. The first-order valence-corrected chi connectivity index (χ1v) is 10.3. The molecular weight excluding hydrogens is 450 g/mol. The van der Waals surface area contributed by atoms with Gasteiger partial charge in [0.2, 0.25) is 12.3 Å². The molecule has 1 fully saturated rings. The van der Waals surface area contributed by atoms with Crippen LogP contribution in [0.25, 0.3) is 0 Å². The summed E-state index contributed by atoms with van der Waals surface area (Å²) in [6.07, 6.45) is 1.42. The van der Waals surface area contributed by atoms with Crippen molar-refractivity contribution in [1.29, 1.82) is 0 Å². The number of halogens is 1. The molecule has 1 aliphatic rings. The summed E-state index contributed by atoms with van der Waals surface area (Å²) < 4.78 is 5.91. The average Bonchev–Trinajstić information content (AvgIpc) is 2.76. The lowest BCUT2D eigenvalue weighted by molar-refractivity contribution is -0.149. The molecule has 2 aromatic rings. The van der Waals surface area contributed by atoms with Gasteiger partial charge in [-0.3, -0.25) is 19.3 Å². The molecule has 7 nitrogen and oxygen atoms in total. The van der Waals surface area contributed by atoms with Crippen molar-refractivity contribution in [2.75, 3.05) is 31.0 Å². The van der Waals surface area contributed by atoms with E-state index >= 15 is 0 Å². The van der Waals surface area contributed by atoms with Gasteiger partial charge in [-0.2, -0.15) is 0 Å². The minimum Gasteiger partial charge on any atom is -0.497 e. The van der Waals surface area contributed by atoms with Crippen molar-refractivity contribution in [3.05, 3.63) is 52.5 Å². The first kappa shape index (κ1) is 21.8. The van der Waals surface area contributed by atoms with Crippen LogP contribution >= 0.6 is 15.9 Å². The quantitative estimate of drug-likeness (QED) is 0.456. The SMILES string of the molecule is COc1ccc(CN2C(=O)CCC(N(C)c3cccc(Br)c3N(C)C=O)C2=O)cc1. The van der Waals surface area contributed by atoms with Crippen LogP contribution in [0.5, 0.6) is 5.75 Å². The van der Waals surface area contributed by atoms with Gasteiger partial charge in [0.15, 0.2) is 0 Å². The van der Waals surface area contributed by atoms with Gasteiger partial charge in [-0.15, -0.1) is 0 Å². The molecule has 0 aliphatic carbocycles. The first-order valence-electron chi connectivity index (χ1n) is 9.54. The summed E-state index contributed by atoms with van der Waals surface area (Å²) in [7, 11) is 5.06. The Bertz CT molecular complexity index is 948. The Morgan fingerprint density at radius 3 is 2.50 bits per heavy atom. The van der Waals surface area contributed by atoms with Gasteiger partial charge in [-0.1, -0.05) is 18.2 Å². The molecule has 3 rings (SSSR count). The molecule has 1 aliphatic heterocycles. The topological polar surface area (TPSA) is 70.2 Å². The number of amides is 3. The summed E-state index contributed by atoms with van der Waals surface area (Å²) in [6.45, 7) is 0.214. The van der Waals surface area contributed by atoms with Gasteiger partial charge in [0.1, 0.15) is 11.8 Å². The highest BCUT2D eigenvalue weighted by Gasteiger charge is 2.37. The molecule has 158 valence electrons. The van der Waals surface area contributed by atoms with Crippen molar-refractivity contribution in [2.24, 2.45) is 0 Å². The van der Waals surface area contributed by atoms with Crippen molar-refractivity contribution in [3.63, 3.8) is 0 Å². The summed E-state index contributed by atoms with van der Waals surface area (Å²) in [6, 6.07) is 12.4. The van der Waals surface area contributed by atoms with Gasteiger partial charge in [0.05, 0.1) is 25.0 Å². The second-order valence-electron chi connectivity index (χ2n) is 7.16. The van der Waals surface area contributed by atoms with E-state index in [0.29, 0.717) is 17.9 Å². The standard InChI is InChI=1S/C22H24BrN3O4/c1-24(14-27)21-17(23)5-4-6-18(21)25(2)19-11-12-20(28)26(22(19)29)13-15-7-9-16(30-3)10-8-15/h4-10,14,19H,11-13H2,1-3H3. The molecule has 30 heavy (non-hydrogen) atoms. The maximum atomic E-state index is 13.3. The lowest BCUT2D eigenvalue weighted by atomic mass is 10.0. The van der Waals surface area contributed by atoms with E-state index in [4.69, 9.17) is 4.74 Å². The van der Waals surface area contributed by atoms with E-state index in [-0.39, 0.29) is 24.8 Å². The van der Waals surface area contributed by atoms with Gasteiger partial charge >= 0.3 is 0 Å². The molecular formula is C22H24BrN3O4. The Morgan fingerprint density at radius 2 is 1.87 bits per heavy atom. The highest BCUT2D eigenvalue weighted by molar-refractivity contribution is 9.10. The van der Waals surface area contributed by atoms with Crippen LogP contribution in [0.4, 0.5) is 11.4 Å². The number of methoxy groups -OCH3 is 1. The van der Waals surface area contributed by atoms with E-state index in [1.54, 1.807) is 26.3 Å². The number of benzene rings is 2. The predicted molar refractivity (Wildman–Crippen MR) is 119 cm³/mol. The number of carbonyl (C=O) groups is 3. The highest BCUT2D eigenvalue weighted by atomic mass is 79.9. The predicted octanol–water partition coefficient (Wildman–Crippen LogP) is 3.20. The number of imide groups is 1. The fourth-order valence-electron chi connectivity index (χ4n) is 3.62. The fourth-order valence-corrected chi connectivity index (χ4v) is 4.25. The second kappa shape index (κ2) is 9.30. The van der Waals surface area contributed by atoms with Gasteiger partial charge in [0, 0.05) is 25.0 Å². The normalized spacial score (nSPS) is 16.4. The van der Waals surface area contributed by atoms with Crippen molar-refractivity contribution < 1.29 is 19.1 Å². The third kappa shape index (κ3) is 4.33. The van der Waals surface area contributed by atoms with Crippen molar-refractivity contribution in [1.82, 2.24) is 4.90 Å². The number of piperidine rings is 1. The van der Waals surface area contributed by atoms with Crippen molar-refractivity contribution in [2.45, 2.75) is 25.4 Å². The van der Waals surface area contributed by atoms with Crippen LogP contribution in [0.1, 0.15) is 18.4 Å². The van der Waals surface area contributed by atoms with Crippen LogP contribution in [0, 0.1) is 0 Å². The van der Waals surface area contributed by atoms with Crippen molar-refractivity contribution >= 4 is 45.5 Å². The maximum Gasteiger partial charge on any atom is 0.252 e. The third-order valence-corrected chi connectivity index (χ3v) is 5.95. The van der Waals surface area contributed by atoms with Crippen LogP contribution in [-0.2, 0) is 20.9 Å². The van der Waals surface area contributed by atoms with Crippen LogP contribution in [0.15, 0.2) is 46.9 Å². The van der Waals surface area contributed by atoms with Gasteiger partial charge in [-0.05, 0) is 52.2 Å². The highest BCUT2D eigenvalue weighted by Crippen LogP contribution is 2.37. The Kier molecular flexibility index (Phi) is 6.77. The van der Waals surface area contributed by atoms with E-state index in [1.165, 1.54) is 9.80 Å². The number of likely N-dealkylation sites (tertiary alicyclic amines) is 1. The zero-order valence-corrected chi connectivity index (χ0v) is 18.8. The van der Waals surface area contributed by atoms with Crippen molar-refractivity contribution in [3.8, 4) is 5.75 Å². The number of nitrogens with zero attached hydrogens (tertiary/aromatic N) is 3. The monoisotopic (exact) mass is 473 g/mol. The molecule has 0 spiro atoms. The van der Waals surface area contributed by atoms with Gasteiger partial charge < -0.3 is 14.5 Å². The lowest BCUT2D eigenvalue weighted by Gasteiger charge is -2.38. The van der Waals surface area contributed by atoms with Gasteiger partial charge in [0.25, 0.3) is 5.91 Å². The average molecular weight is 474 g/mol. The minimum atomic E-state index is -0.506. The molecule has 0 N–H and O–H groups in total. The molecule has 0 saturated carbocycles. The van der Waals surface area contributed by atoms with E-state index < -0.39 is 6.04 Å². The molecule has 2 aromatic carbocycles. The van der Waals surface area contributed by atoms with Crippen LogP contribution in [0.2, 0.25) is 0 Å². The molecule has 0 bridgehead atoms. The number of carbonyl (C=O) groups excluding carboxylic acids is 3. The Balaban J connectivity index is 1.86. The molecule has 3 amide bonds. The van der Waals surface area contributed by atoms with Gasteiger partial charge in [-0.25, -0.2) is 0 Å². The Morgan fingerprint density at radius 1 is 1.17 bits per heavy atom. The fraction of sp³-hybridized carbons (Fsp3) is 0.318. The van der Waals surface area contributed by atoms with Crippen LogP contribution in [0.3, 0.4) is 0 Å². The molecule has 1 saturated heterocycles. The summed E-state index contributed by atoms with van der Waals surface area (Å²) >= 11 is 3.49. The number of hydrogen-bond donors (Lipinski definition) is 0. The number of ether oxygens (including phenoxy) is 1. The summed E-state index contributed by atoms with van der Waals surface area (Å²) in [5.41, 5.74) is 2.25. The van der Waals surface area contributed by atoms with E-state index in [0.717, 1.165) is 22.1 Å². The number of hydrogen-bond acceptors (Lipinski definition) is 5. The second-order valence-corrected chi connectivity index (χ2v) is 8.01. The number of rotatable bonds is 7. The van der Waals surface area contributed by atoms with Crippen LogP contribution < -0.4 is 14.5 Å². The van der Waals surface area contributed by atoms with E-state index in [9.17, 15) is 14.4 Å². The minimum absolute atomic E-state index is 0.181. The Hall–Kier alpha value is -2.87. The third-order valence-electron chi connectivity index (χ3n) is 5.31. The largest absolute Gasteiger partial charge is 0.497 e. The Labute approximate surface area is 184 Å². The summed E-state index contributed by atoms with van der Waals surface area (Å²) in [4.78, 5) is 41.8. The van der Waals surface area contributed by atoms with Crippen LogP contribution in [-0.4, -0.2) is 50.4 Å². The molecule has 1 atom stereocenters. The molecule has 1 heterocycles. The summed E-state index contributed by atoms with van der Waals surface area (Å²) in [5, 5.41) is 0. The number of likely N-dealkylation sites (N-methyl/N-ethyl adjacent to an activating group) is 1. The van der Waals surface area contributed by atoms with E-state index in [1.807, 2.05) is 42.3 Å². The lowest BCUT2D eigenvalue weighted by Crippen LogP contribution is -2.53. The zero-order chi connectivity index (χ0) is 21.8. The molecule has 1 unspecified atom stereocenters. The van der Waals surface area contributed by atoms with E-state index in [2.05, 4.69) is 15.9 Å². The summed E-state index contributed by atoms with van der Waals surface area (Å²) in [5.74, 6) is 0.290.